The molecule has 1 aliphatic rings. The van der Waals surface area contributed by atoms with Gasteiger partial charge in [0.15, 0.2) is 0 Å². The average Bonchev–Trinajstić information content (AvgIpc) is 3.33. The number of rotatable bonds is 9. The Morgan fingerprint density at radius 2 is 2.00 bits per heavy atom. The molecule has 33 heavy (non-hydrogen) atoms. The molecule has 1 saturated heterocycles. The molecule has 6 heteroatoms. The maximum atomic E-state index is 10.9. The third-order valence-electron chi connectivity index (χ3n) is 5.29. The van der Waals surface area contributed by atoms with Crippen LogP contribution in [-0.2, 0) is 11.2 Å². The van der Waals surface area contributed by atoms with Gasteiger partial charge in [0.2, 0.25) is 6.41 Å². The van der Waals surface area contributed by atoms with Crippen molar-refractivity contribution in [2.45, 2.75) is 60.3 Å². The van der Waals surface area contributed by atoms with Crippen LogP contribution in [0.5, 0.6) is 0 Å². The van der Waals surface area contributed by atoms with Crippen LogP contribution in [0.1, 0.15) is 70.8 Å². The second-order valence-corrected chi connectivity index (χ2v) is 8.00. The Labute approximate surface area is 202 Å². The van der Waals surface area contributed by atoms with Gasteiger partial charge in [-0.2, -0.15) is 0 Å². The number of carbonyl (C=O) groups excluding carboxylic acids is 1. The fourth-order valence-corrected chi connectivity index (χ4v) is 3.61. The molecule has 2 rings (SSSR count). The van der Waals surface area contributed by atoms with Crippen molar-refractivity contribution in [3.63, 3.8) is 0 Å². The summed E-state index contributed by atoms with van der Waals surface area (Å²) in [6.45, 7) is 14.8. The van der Waals surface area contributed by atoms with Crippen LogP contribution in [0.25, 0.3) is 5.57 Å². The lowest BCUT2D eigenvalue weighted by Gasteiger charge is -2.15. The van der Waals surface area contributed by atoms with Gasteiger partial charge >= 0.3 is 0 Å². The van der Waals surface area contributed by atoms with Crippen molar-refractivity contribution in [2.24, 2.45) is 10.9 Å². The summed E-state index contributed by atoms with van der Waals surface area (Å²) in [4.78, 5) is 21.7. The van der Waals surface area contributed by atoms with Gasteiger partial charge in [-0.05, 0) is 62.1 Å². The lowest BCUT2D eigenvalue weighted by Crippen LogP contribution is -2.18. The van der Waals surface area contributed by atoms with Crippen molar-refractivity contribution in [1.29, 1.82) is 0 Å². The van der Waals surface area contributed by atoms with Crippen LogP contribution < -0.4 is 10.6 Å². The van der Waals surface area contributed by atoms with Crippen LogP contribution in [-0.4, -0.2) is 62.8 Å². The van der Waals surface area contributed by atoms with Crippen molar-refractivity contribution in [1.82, 2.24) is 20.5 Å². The summed E-state index contributed by atoms with van der Waals surface area (Å²) in [6.07, 6.45) is 8.94. The van der Waals surface area contributed by atoms with E-state index in [1.165, 1.54) is 11.1 Å². The van der Waals surface area contributed by atoms with Gasteiger partial charge in [0.25, 0.3) is 0 Å². The van der Waals surface area contributed by atoms with E-state index in [0.29, 0.717) is 11.8 Å². The highest BCUT2D eigenvalue weighted by Crippen LogP contribution is 2.27. The van der Waals surface area contributed by atoms with E-state index in [-0.39, 0.29) is 0 Å². The van der Waals surface area contributed by atoms with Crippen LogP contribution in [0.15, 0.2) is 35.5 Å². The van der Waals surface area contributed by atoms with Gasteiger partial charge in [-0.1, -0.05) is 40.7 Å². The molecule has 1 atom stereocenters. The van der Waals surface area contributed by atoms with Crippen LogP contribution in [0.4, 0.5) is 0 Å². The fourth-order valence-electron chi connectivity index (χ4n) is 3.61. The highest BCUT2D eigenvalue weighted by molar-refractivity contribution is 5.96. The largest absolute Gasteiger partial charge is 0.394 e. The Morgan fingerprint density at radius 3 is 2.42 bits per heavy atom. The molecule has 1 amide bonds. The average molecular weight is 458 g/mol. The minimum Gasteiger partial charge on any atom is -0.394 e. The number of hydrogen-bond donors (Lipinski definition) is 2. The van der Waals surface area contributed by atoms with Gasteiger partial charge in [0.05, 0.1) is 0 Å². The number of aliphatic imine (C=N–C) groups is 1. The summed E-state index contributed by atoms with van der Waals surface area (Å²) in [5.41, 5.74) is 5.80. The number of likely N-dealkylation sites (tertiary alicyclic amines) is 1. The van der Waals surface area contributed by atoms with Gasteiger partial charge < -0.3 is 15.5 Å². The number of pyridine rings is 1. The summed E-state index contributed by atoms with van der Waals surface area (Å²) in [6, 6.07) is 4.34. The fraction of sp³-hybridized carbons (Fsp3) is 0.593. The predicted octanol–water partition coefficient (Wildman–Crippen LogP) is 4.68. The minimum atomic E-state index is 0.348. The number of likely N-dealkylation sites (N-methyl/N-ethyl adjacent to an activating group) is 1. The van der Waals surface area contributed by atoms with E-state index in [0.717, 1.165) is 56.0 Å². The normalized spacial score (nSPS) is 16.3. The molecule has 1 aliphatic heterocycles. The summed E-state index contributed by atoms with van der Waals surface area (Å²) in [7, 11) is 5.69. The van der Waals surface area contributed by atoms with Crippen LogP contribution in [0.2, 0.25) is 0 Å². The topological polar surface area (TPSA) is 69.6 Å². The first-order valence-electron chi connectivity index (χ1n) is 12.2. The molecule has 1 unspecified atom stereocenters. The van der Waals surface area contributed by atoms with Crippen molar-refractivity contribution >= 4 is 17.7 Å². The molecule has 2 N–H and O–H groups in total. The highest BCUT2D eigenvalue weighted by Gasteiger charge is 2.24. The number of allylic oxidation sites excluding steroid dienone is 2. The Morgan fingerprint density at radius 1 is 1.30 bits per heavy atom. The molecular weight excluding hydrogens is 410 g/mol. The molecular formula is C27H47N5O. The second kappa shape index (κ2) is 18.0. The van der Waals surface area contributed by atoms with Crippen molar-refractivity contribution in [3.8, 4) is 0 Å². The van der Waals surface area contributed by atoms with E-state index in [4.69, 9.17) is 4.98 Å². The van der Waals surface area contributed by atoms with Crippen molar-refractivity contribution < 1.29 is 4.79 Å². The van der Waals surface area contributed by atoms with E-state index in [1.807, 2.05) is 65.2 Å². The van der Waals surface area contributed by atoms with E-state index < -0.39 is 0 Å². The molecule has 186 valence electrons. The lowest BCUT2D eigenvalue weighted by atomic mass is 9.98. The molecule has 0 saturated carbocycles. The molecule has 1 fully saturated rings. The third kappa shape index (κ3) is 10.8. The zero-order valence-electron chi connectivity index (χ0n) is 22.4. The Hall–Kier alpha value is -2.47. The minimum absolute atomic E-state index is 0.348. The molecule has 0 spiro atoms. The van der Waals surface area contributed by atoms with Gasteiger partial charge in [-0.15, -0.1) is 0 Å². The molecule has 0 aliphatic carbocycles. The quantitative estimate of drug-likeness (QED) is 0.417. The zero-order valence-corrected chi connectivity index (χ0v) is 22.4. The first-order valence-corrected chi connectivity index (χ1v) is 12.2. The van der Waals surface area contributed by atoms with E-state index in [9.17, 15) is 4.79 Å². The SMILES string of the molecule is C/C=C/C(=NC)C(C)C.CC.CCc1cc(/C(=C/NC)CNC)cc(C2CCN(C=O)C2)n1. The Kier molecular flexibility index (Phi) is 16.7. The summed E-state index contributed by atoms with van der Waals surface area (Å²) >= 11 is 0. The van der Waals surface area contributed by atoms with Crippen LogP contribution in [0, 0.1) is 5.92 Å². The van der Waals surface area contributed by atoms with Crippen LogP contribution >= 0.6 is 0 Å². The Balaban J connectivity index is 0.000000786. The molecule has 0 aromatic carbocycles. The molecule has 6 nitrogen and oxygen atoms in total. The zero-order chi connectivity index (χ0) is 25.2. The lowest BCUT2D eigenvalue weighted by molar-refractivity contribution is -0.117. The van der Waals surface area contributed by atoms with Gasteiger partial charge in [0.1, 0.15) is 0 Å². The smallest absolute Gasteiger partial charge is 0.209 e. The number of aryl methyl sites for hydroxylation is 1. The van der Waals surface area contributed by atoms with Crippen LogP contribution in [0.3, 0.4) is 0 Å². The molecule has 2 heterocycles. The van der Waals surface area contributed by atoms with Crippen molar-refractivity contribution in [3.05, 3.63) is 47.4 Å². The summed E-state index contributed by atoms with van der Waals surface area (Å²) < 4.78 is 0. The maximum Gasteiger partial charge on any atom is 0.209 e. The first-order chi connectivity index (χ1) is 15.9. The molecule has 1 aromatic rings. The summed E-state index contributed by atoms with van der Waals surface area (Å²) in [5.74, 6) is 0.895. The summed E-state index contributed by atoms with van der Waals surface area (Å²) in [5, 5.41) is 6.33. The number of nitrogens with one attached hydrogen (secondary N) is 2. The monoisotopic (exact) mass is 457 g/mol. The molecule has 1 aromatic heterocycles. The Bertz CT molecular complexity index is 768. The molecule has 0 bridgehead atoms. The number of nitrogens with zero attached hydrogens (tertiary/aromatic N) is 3. The highest BCUT2D eigenvalue weighted by atomic mass is 16.1. The van der Waals surface area contributed by atoms with Gasteiger partial charge in [-0.3, -0.25) is 14.8 Å². The number of amides is 1. The third-order valence-corrected chi connectivity index (χ3v) is 5.29. The predicted molar refractivity (Wildman–Crippen MR) is 144 cm³/mol. The molecule has 0 radical (unpaired) electrons. The van der Waals surface area contributed by atoms with E-state index in [1.54, 1.807) is 0 Å². The van der Waals surface area contributed by atoms with Gasteiger partial charge in [0, 0.05) is 62.9 Å². The van der Waals surface area contributed by atoms with Crippen molar-refractivity contribution in [2.75, 3.05) is 40.8 Å². The van der Waals surface area contributed by atoms with E-state index in [2.05, 4.69) is 48.5 Å². The number of aromatic nitrogens is 1. The first kappa shape index (κ1) is 30.5. The van der Waals surface area contributed by atoms with Gasteiger partial charge in [-0.25, -0.2) is 0 Å². The maximum absolute atomic E-state index is 10.9. The number of carbonyl (C=O) groups is 1. The second-order valence-electron chi connectivity index (χ2n) is 8.00. The number of hydrogen-bond acceptors (Lipinski definition) is 5. The van der Waals surface area contributed by atoms with E-state index >= 15 is 0 Å². The standard InChI is InChI=1S/C17H26N4O.C8H15N.C2H6/c1-4-16-7-14(15(9-18-2)10-19-3)8-17(20-16)13-5-6-21(11-13)12-22;1-5-6-8(9-4)7(2)3;1-2/h7-9,12-13,18-19H,4-6,10-11H2,1-3H3;5-7H,1-4H3;1-2H3/b15-9+;6-5+,9-8?;.